The highest BCUT2D eigenvalue weighted by Gasteiger charge is 2.35. The molecule has 0 unspecified atom stereocenters. The molecule has 2 atom stereocenters. The van der Waals surface area contributed by atoms with Crippen LogP contribution in [0.25, 0.3) is 0 Å². The summed E-state index contributed by atoms with van der Waals surface area (Å²) < 4.78 is 6.92. The molecule has 136 valence electrons. The molecule has 0 spiro atoms. The number of amides is 2. The second-order valence-corrected chi connectivity index (χ2v) is 7.51. The molecule has 1 aromatic rings. The van der Waals surface area contributed by atoms with Crippen molar-refractivity contribution in [2.24, 2.45) is 11.8 Å². The number of carbonyl (C=O) groups is 3. The molecule has 0 aliphatic heterocycles. The summed E-state index contributed by atoms with van der Waals surface area (Å²) in [5.74, 6) is -2.85. The van der Waals surface area contributed by atoms with Crippen molar-refractivity contribution in [3.05, 3.63) is 27.1 Å². The minimum Gasteiger partial charge on any atom is -0.483 e. The van der Waals surface area contributed by atoms with Gasteiger partial charge in [-0.15, -0.1) is 0 Å². The summed E-state index contributed by atoms with van der Waals surface area (Å²) in [4.78, 5) is 35.2. The molecule has 7 nitrogen and oxygen atoms in total. The van der Waals surface area contributed by atoms with Gasteiger partial charge in [-0.2, -0.15) is 0 Å². The van der Waals surface area contributed by atoms with Gasteiger partial charge in [0.2, 0.25) is 5.91 Å². The maximum atomic E-state index is 12.1. The minimum absolute atomic E-state index is 0.284. The first-order valence-electron chi connectivity index (χ1n) is 7.78. The monoisotopic (exact) mass is 476 g/mol. The Morgan fingerprint density at radius 2 is 1.80 bits per heavy atom. The minimum atomic E-state index is -0.977. The molecule has 1 aliphatic carbocycles. The van der Waals surface area contributed by atoms with Gasteiger partial charge in [0, 0.05) is 4.47 Å². The summed E-state index contributed by atoms with van der Waals surface area (Å²) in [6, 6.07) is 5.25. The van der Waals surface area contributed by atoms with Crippen LogP contribution in [0.3, 0.4) is 0 Å². The summed E-state index contributed by atoms with van der Waals surface area (Å²) in [6.07, 6.45) is 2.57. The summed E-state index contributed by atoms with van der Waals surface area (Å²) in [5.41, 5.74) is 4.56. The highest BCUT2D eigenvalue weighted by molar-refractivity contribution is 9.11. The lowest BCUT2D eigenvalue weighted by Crippen LogP contribution is -2.49. The number of carboxylic acids is 1. The standard InChI is InChI=1S/C16H18Br2N2O5/c17-9-5-6-13(12(18)7-9)25-8-14(21)19-20-15(22)10-3-1-2-4-11(10)16(23)24/h5-7,10-11H,1-4,8H2,(H,19,21)(H,20,22)(H,23,24)/t10-,11-/m1/s1. The van der Waals surface area contributed by atoms with E-state index < -0.39 is 29.6 Å². The molecule has 1 fully saturated rings. The quantitative estimate of drug-likeness (QED) is 0.565. The molecule has 9 heteroatoms. The number of hydrogen-bond acceptors (Lipinski definition) is 4. The van der Waals surface area contributed by atoms with Crippen molar-refractivity contribution in [3.63, 3.8) is 0 Å². The van der Waals surface area contributed by atoms with E-state index in [-0.39, 0.29) is 6.61 Å². The van der Waals surface area contributed by atoms with Crippen molar-refractivity contribution in [3.8, 4) is 5.75 Å². The molecule has 25 heavy (non-hydrogen) atoms. The summed E-state index contributed by atoms with van der Waals surface area (Å²) in [5, 5.41) is 9.20. The normalized spacial score (nSPS) is 19.8. The van der Waals surface area contributed by atoms with Crippen molar-refractivity contribution in [1.29, 1.82) is 0 Å². The van der Waals surface area contributed by atoms with E-state index in [1.54, 1.807) is 18.2 Å². The van der Waals surface area contributed by atoms with Crippen molar-refractivity contribution in [1.82, 2.24) is 10.9 Å². The summed E-state index contributed by atoms with van der Waals surface area (Å²) in [6.45, 7) is -0.284. The van der Waals surface area contributed by atoms with Gasteiger partial charge in [-0.1, -0.05) is 28.8 Å². The maximum absolute atomic E-state index is 12.1. The highest BCUT2D eigenvalue weighted by atomic mass is 79.9. The number of aliphatic carboxylic acids is 1. The second-order valence-electron chi connectivity index (χ2n) is 5.74. The third-order valence-electron chi connectivity index (χ3n) is 4.00. The second kappa shape index (κ2) is 9.19. The van der Waals surface area contributed by atoms with Crippen LogP contribution in [0, 0.1) is 11.8 Å². The van der Waals surface area contributed by atoms with Crippen molar-refractivity contribution >= 4 is 49.6 Å². The van der Waals surface area contributed by atoms with Gasteiger partial charge in [0.05, 0.1) is 16.3 Å². The van der Waals surface area contributed by atoms with E-state index in [1.165, 1.54) is 0 Å². The molecule has 1 saturated carbocycles. The van der Waals surface area contributed by atoms with Crippen LogP contribution in [0.5, 0.6) is 5.75 Å². The zero-order valence-electron chi connectivity index (χ0n) is 13.3. The molecule has 1 aromatic carbocycles. The van der Waals surface area contributed by atoms with Crippen molar-refractivity contribution < 1.29 is 24.2 Å². The molecule has 2 rings (SSSR count). The number of hydrogen-bond donors (Lipinski definition) is 3. The van der Waals surface area contributed by atoms with E-state index in [2.05, 4.69) is 42.7 Å². The Balaban J connectivity index is 1.80. The first-order valence-corrected chi connectivity index (χ1v) is 9.36. The molecular weight excluding hydrogens is 460 g/mol. The van der Waals surface area contributed by atoms with Crippen LogP contribution in [0.2, 0.25) is 0 Å². The van der Waals surface area contributed by atoms with Crippen molar-refractivity contribution in [2.45, 2.75) is 25.7 Å². The lowest BCUT2D eigenvalue weighted by atomic mass is 9.79. The predicted molar refractivity (Wildman–Crippen MR) is 96.7 cm³/mol. The van der Waals surface area contributed by atoms with Crippen LogP contribution < -0.4 is 15.6 Å². The van der Waals surface area contributed by atoms with E-state index in [4.69, 9.17) is 4.74 Å². The summed E-state index contributed by atoms with van der Waals surface area (Å²) >= 11 is 6.64. The van der Waals surface area contributed by atoms with Gasteiger partial charge in [-0.05, 0) is 47.0 Å². The topological polar surface area (TPSA) is 105 Å². The van der Waals surface area contributed by atoms with Crippen LogP contribution in [-0.4, -0.2) is 29.5 Å². The summed E-state index contributed by atoms with van der Waals surface area (Å²) in [7, 11) is 0. The van der Waals surface area contributed by atoms with Gasteiger partial charge < -0.3 is 9.84 Å². The van der Waals surface area contributed by atoms with Gasteiger partial charge >= 0.3 is 5.97 Å². The Morgan fingerprint density at radius 3 is 2.44 bits per heavy atom. The number of benzene rings is 1. The van der Waals surface area contributed by atoms with Gasteiger partial charge in [0.25, 0.3) is 5.91 Å². The number of hydrazine groups is 1. The predicted octanol–water partition coefficient (Wildman–Crippen LogP) is 2.63. The number of rotatable bonds is 5. The number of nitrogens with one attached hydrogen (secondary N) is 2. The number of halogens is 2. The Labute approximate surface area is 161 Å². The third kappa shape index (κ3) is 5.71. The fourth-order valence-electron chi connectivity index (χ4n) is 2.74. The van der Waals surface area contributed by atoms with E-state index in [1.807, 2.05) is 0 Å². The Bertz CT molecular complexity index is 668. The van der Waals surface area contributed by atoms with Crippen LogP contribution in [0.1, 0.15) is 25.7 Å². The SMILES string of the molecule is O=C(COc1ccc(Br)cc1Br)NNC(=O)[C@@H]1CCCC[C@H]1C(=O)O. The molecule has 0 saturated heterocycles. The average molecular weight is 478 g/mol. The Morgan fingerprint density at radius 1 is 1.12 bits per heavy atom. The fourth-order valence-corrected chi connectivity index (χ4v) is 3.90. The molecule has 0 aromatic heterocycles. The van der Waals surface area contributed by atoms with E-state index >= 15 is 0 Å². The van der Waals surface area contributed by atoms with Gasteiger partial charge in [-0.3, -0.25) is 25.2 Å². The zero-order valence-corrected chi connectivity index (χ0v) is 16.4. The molecule has 0 radical (unpaired) electrons. The van der Waals surface area contributed by atoms with Crippen LogP contribution in [0.15, 0.2) is 27.1 Å². The number of carbonyl (C=O) groups excluding carboxylic acids is 2. The Hall–Kier alpha value is -1.61. The molecule has 0 bridgehead atoms. The molecular formula is C16H18Br2N2O5. The molecule has 2 amide bonds. The largest absolute Gasteiger partial charge is 0.483 e. The maximum Gasteiger partial charge on any atom is 0.307 e. The lowest BCUT2D eigenvalue weighted by Gasteiger charge is -2.27. The highest BCUT2D eigenvalue weighted by Crippen LogP contribution is 2.30. The first kappa shape index (κ1) is 19.7. The fraction of sp³-hybridized carbons (Fsp3) is 0.438. The first-order chi connectivity index (χ1) is 11.9. The van der Waals surface area contributed by atoms with Crippen LogP contribution >= 0.6 is 31.9 Å². The molecule has 3 N–H and O–H groups in total. The van der Waals surface area contributed by atoms with Crippen molar-refractivity contribution in [2.75, 3.05) is 6.61 Å². The molecule has 1 aliphatic rings. The number of ether oxygens (including phenoxy) is 1. The Kier molecular flexibility index (Phi) is 7.24. The van der Waals surface area contributed by atoms with E-state index in [0.29, 0.717) is 23.1 Å². The smallest absolute Gasteiger partial charge is 0.307 e. The zero-order chi connectivity index (χ0) is 18.4. The third-order valence-corrected chi connectivity index (χ3v) is 5.11. The van der Waals surface area contributed by atoms with Gasteiger partial charge in [0.15, 0.2) is 6.61 Å². The number of carboxylic acid groups (broad SMARTS) is 1. The van der Waals surface area contributed by atoms with Crippen LogP contribution in [-0.2, 0) is 14.4 Å². The average Bonchev–Trinajstić information content (AvgIpc) is 2.58. The van der Waals surface area contributed by atoms with Crippen LogP contribution in [0.4, 0.5) is 0 Å². The van der Waals surface area contributed by atoms with Gasteiger partial charge in [0.1, 0.15) is 5.75 Å². The molecule has 0 heterocycles. The van der Waals surface area contributed by atoms with E-state index in [0.717, 1.165) is 17.3 Å². The van der Waals surface area contributed by atoms with Gasteiger partial charge in [-0.25, -0.2) is 0 Å². The van der Waals surface area contributed by atoms with E-state index in [9.17, 15) is 19.5 Å². The lowest BCUT2D eigenvalue weighted by molar-refractivity contribution is -0.149.